The summed E-state index contributed by atoms with van der Waals surface area (Å²) in [6, 6.07) is 28.3. The second-order valence-corrected chi connectivity index (χ2v) is 23.6. The maximum absolute atomic E-state index is 15.9. The van der Waals surface area contributed by atoms with Gasteiger partial charge in [0.15, 0.2) is 11.6 Å². The molecule has 5 amide bonds. The highest BCUT2D eigenvalue weighted by molar-refractivity contribution is 6.37. The number of methoxy groups -OCH3 is 3. The van der Waals surface area contributed by atoms with Gasteiger partial charge in [-0.2, -0.15) is 15.1 Å². The van der Waals surface area contributed by atoms with Gasteiger partial charge in [0, 0.05) is 125 Å². The van der Waals surface area contributed by atoms with Crippen LogP contribution in [0.25, 0.3) is 0 Å². The average Bonchev–Trinajstić information content (AvgIpc) is 0.839. The monoisotopic (exact) mass is 1240 g/mol. The number of amides is 5. The number of rotatable bonds is 17. The molecule has 0 bridgehead atoms. The molecular formula is C66H74ClN17O6. The molecule has 2 saturated heterocycles. The van der Waals surface area contributed by atoms with E-state index in [0.717, 1.165) is 60.9 Å². The highest BCUT2D eigenvalue weighted by atomic mass is 35.5. The van der Waals surface area contributed by atoms with Gasteiger partial charge in [-0.25, -0.2) is 29.4 Å². The number of urea groups is 2. The van der Waals surface area contributed by atoms with Crippen LogP contribution in [0.2, 0.25) is 5.02 Å². The highest BCUT2D eigenvalue weighted by Crippen LogP contribution is 2.50. The van der Waals surface area contributed by atoms with Gasteiger partial charge in [-0.3, -0.25) is 24.2 Å². The van der Waals surface area contributed by atoms with Gasteiger partial charge in [0.1, 0.15) is 17.2 Å². The van der Waals surface area contributed by atoms with E-state index in [2.05, 4.69) is 49.2 Å². The number of aryl methyl sites for hydroxylation is 3. The Morgan fingerprint density at radius 2 is 1.24 bits per heavy atom. The molecule has 5 aromatic carbocycles. The Bertz CT molecular complexity index is 4000. The lowest BCUT2D eigenvalue weighted by molar-refractivity contribution is -0.129. The minimum absolute atomic E-state index is 0.0359. The van der Waals surface area contributed by atoms with Gasteiger partial charge in [-0.15, -0.1) is 0 Å². The molecule has 7 heterocycles. The Morgan fingerprint density at radius 3 is 1.89 bits per heavy atom. The molecule has 0 saturated carbocycles. The normalized spacial score (nSPS) is 15.4. The van der Waals surface area contributed by atoms with Gasteiger partial charge in [-0.05, 0) is 113 Å². The number of hydrogen-bond donors (Lipinski definition) is 1. The van der Waals surface area contributed by atoms with Crippen molar-refractivity contribution in [1.29, 1.82) is 0 Å². The SMILES string of the molecule is COc1ccc(N2C(=O)N(c3c(C)ccc(N(c4ccc(N5CCN(C)CC5)cc4)c4ncc5c(n4)N(c4ccc(N6CCN(C(C)=O)CC6)cc4OC)C(=O)N(c4c(C)cccc4C)C5)c3Cl)Cc3cnc(Nc4cnn(CCN(C)C)c4)nc32)c(OC)c1. The van der Waals surface area contributed by atoms with Crippen molar-refractivity contribution >= 4 is 104 Å². The zero-order valence-electron chi connectivity index (χ0n) is 52.4. The lowest BCUT2D eigenvalue weighted by Gasteiger charge is -2.39. The number of ether oxygens (including phenoxy) is 3. The summed E-state index contributed by atoms with van der Waals surface area (Å²) < 4.78 is 19.6. The Kier molecular flexibility index (Phi) is 17.1. The number of para-hydroxylation sites is 1. The largest absolute Gasteiger partial charge is 0.497 e. The van der Waals surface area contributed by atoms with Crippen LogP contribution in [0.1, 0.15) is 34.7 Å². The maximum atomic E-state index is 15.9. The summed E-state index contributed by atoms with van der Waals surface area (Å²) >= 11 is 7.97. The molecule has 90 heavy (non-hydrogen) atoms. The van der Waals surface area contributed by atoms with Crippen LogP contribution in [0.5, 0.6) is 17.2 Å². The molecule has 3 aromatic heterocycles. The van der Waals surface area contributed by atoms with Crippen molar-refractivity contribution in [2.24, 2.45) is 0 Å². The smallest absolute Gasteiger partial charge is 0.335 e. The summed E-state index contributed by atoms with van der Waals surface area (Å²) in [6.07, 6.45) is 7.08. The van der Waals surface area contributed by atoms with E-state index in [-0.39, 0.29) is 41.9 Å². The number of carbonyl (C=O) groups excluding carboxylic acids is 3. The fraction of sp³-hybridized carbons (Fsp3) is 0.333. The van der Waals surface area contributed by atoms with Crippen molar-refractivity contribution in [2.75, 3.05) is 141 Å². The second kappa shape index (κ2) is 25.4. The molecular weight excluding hydrogens is 1160 g/mol. The fourth-order valence-electron chi connectivity index (χ4n) is 12.2. The maximum Gasteiger partial charge on any atom is 0.335 e. The van der Waals surface area contributed by atoms with E-state index >= 15 is 9.59 Å². The highest BCUT2D eigenvalue weighted by Gasteiger charge is 2.41. The minimum Gasteiger partial charge on any atom is -0.497 e. The first-order valence-electron chi connectivity index (χ1n) is 30.0. The predicted molar refractivity (Wildman–Crippen MR) is 353 cm³/mol. The van der Waals surface area contributed by atoms with E-state index in [0.29, 0.717) is 112 Å². The number of carbonyl (C=O) groups is 3. The van der Waals surface area contributed by atoms with Crippen molar-refractivity contribution < 1.29 is 28.6 Å². The van der Waals surface area contributed by atoms with Gasteiger partial charge in [0.25, 0.3) is 0 Å². The van der Waals surface area contributed by atoms with E-state index in [1.807, 2.05) is 116 Å². The Hall–Kier alpha value is -9.71. The van der Waals surface area contributed by atoms with Crippen molar-refractivity contribution in [3.05, 3.63) is 149 Å². The quantitative estimate of drug-likeness (QED) is 0.0904. The molecule has 0 spiro atoms. The summed E-state index contributed by atoms with van der Waals surface area (Å²) in [5, 5.41) is 8.04. The molecule has 12 rings (SSSR count). The first kappa shape index (κ1) is 60.6. The minimum atomic E-state index is -0.469. The Labute approximate surface area is 529 Å². The predicted octanol–water partition coefficient (Wildman–Crippen LogP) is 10.8. The molecule has 24 heteroatoms. The number of benzene rings is 5. The summed E-state index contributed by atoms with van der Waals surface area (Å²) in [5.74, 6) is 2.51. The molecule has 0 atom stereocenters. The number of halogens is 1. The van der Waals surface area contributed by atoms with Crippen LogP contribution in [0.15, 0.2) is 116 Å². The van der Waals surface area contributed by atoms with Crippen molar-refractivity contribution in [2.45, 2.75) is 47.3 Å². The first-order valence-corrected chi connectivity index (χ1v) is 30.4. The van der Waals surface area contributed by atoms with Gasteiger partial charge in [0.05, 0.1) is 86.3 Å². The standard InChI is InChI=1S/C66H74ClN17O6/c1-42-12-11-13-43(2)59(42)80-39-47-37-69-64(73-62(47)84(65(80)86)53-22-19-51(34-56(53)89-9)78-31-29-76(30-32-78)45(4)85)82(50-17-15-49(16-18-50)77-27-25-75(7)26-28-77)55-21-14-44(3)60(58(55)67)81-40-46-36-68-63(71-48-38-70-79(41-48)33-24-74(5)6)72-61(46)83(66(81)87)54-23-20-52(88-8)35-57(54)90-10/h11-23,34-38,41H,24-33,39-40H2,1-10H3,(H,68,71,72). The van der Waals surface area contributed by atoms with Crippen LogP contribution in [-0.4, -0.2) is 164 Å². The van der Waals surface area contributed by atoms with Crippen LogP contribution in [-0.2, 0) is 24.4 Å². The first-order chi connectivity index (χ1) is 43.5. The number of nitrogens with one attached hydrogen (secondary N) is 1. The van der Waals surface area contributed by atoms with E-state index in [1.165, 1.54) is 12.0 Å². The molecule has 0 radical (unpaired) electrons. The topological polar surface area (TPSA) is 193 Å². The molecule has 23 nitrogen and oxygen atoms in total. The summed E-state index contributed by atoms with van der Waals surface area (Å²) in [7, 11) is 10.9. The molecule has 2 fully saturated rings. The van der Waals surface area contributed by atoms with Crippen molar-refractivity contribution in [3.63, 3.8) is 0 Å². The van der Waals surface area contributed by atoms with Crippen LogP contribution in [0.3, 0.4) is 0 Å². The van der Waals surface area contributed by atoms with Crippen LogP contribution in [0, 0.1) is 20.8 Å². The lowest BCUT2D eigenvalue weighted by atomic mass is 10.1. The third-order valence-corrected chi connectivity index (χ3v) is 17.5. The number of anilines is 13. The molecule has 8 aromatic rings. The van der Waals surface area contributed by atoms with Crippen LogP contribution < -0.4 is 53.8 Å². The molecule has 466 valence electrons. The molecule has 4 aliphatic rings. The molecule has 0 unspecified atom stereocenters. The molecule has 0 aliphatic carbocycles. The number of hydrogen-bond acceptors (Lipinski definition) is 17. The molecule has 4 aliphatic heterocycles. The van der Waals surface area contributed by atoms with Crippen molar-refractivity contribution in [3.8, 4) is 17.2 Å². The summed E-state index contributed by atoms with van der Waals surface area (Å²) in [6.45, 7) is 15.2. The number of fused-ring (bicyclic) bond motifs is 2. The second-order valence-electron chi connectivity index (χ2n) is 23.2. The van der Waals surface area contributed by atoms with Crippen molar-refractivity contribution in [1.82, 2.24) is 44.4 Å². The number of piperazine rings is 2. The Morgan fingerprint density at radius 1 is 0.656 bits per heavy atom. The lowest BCUT2D eigenvalue weighted by Crippen LogP contribution is -2.48. The van der Waals surface area contributed by atoms with Crippen LogP contribution >= 0.6 is 11.6 Å². The third kappa shape index (κ3) is 11.8. The van der Waals surface area contributed by atoms with E-state index < -0.39 is 6.03 Å². The van der Waals surface area contributed by atoms with Gasteiger partial charge >= 0.3 is 12.1 Å². The fourth-order valence-corrected chi connectivity index (χ4v) is 12.5. The third-order valence-electron chi connectivity index (χ3n) is 17.1. The Balaban J connectivity index is 0.987. The average molecular weight is 1240 g/mol. The zero-order chi connectivity index (χ0) is 63.1. The van der Waals surface area contributed by atoms with E-state index in [4.69, 9.17) is 45.7 Å². The summed E-state index contributed by atoms with van der Waals surface area (Å²) in [5.41, 5.74) is 9.66. The number of likely N-dealkylation sites (N-methyl/N-ethyl adjacent to an activating group) is 2. The molecule has 1 N–H and O–H groups in total. The zero-order valence-corrected chi connectivity index (χ0v) is 53.2. The number of aromatic nitrogens is 6. The van der Waals surface area contributed by atoms with E-state index in [9.17, 15) is 4.79 Å². The van der Waals surface area contributed by atoms with Gasteiger partial charge in [-0.1, -0.05) is 35.9 Å². The van der Waals surface area contributed by atoms with Crippen LogP contribution in [0.4, 0.5) is 84.3 Å². The van der Waals surface area contributed by atoms with Gasteiger partial charge in [0.2, 0.25) is 17.8 Å². The number of nitrogens with zero attached hydrogens (tertiary/aromatic N) is 16. The van der Waals surface area contributed by atoms with Gasteiger partial charge < -0.3 is 44.0 Å². The summed E-state index contributed by atoms with van der Waals surface area (Å²) in [4.78, 5) is 83.5. The van der Waals surface area contributed by atoms with E-state index in [1.54, 1.807) is 72.6 Å².